The highest BCUT2D eigenvalue weighted by atomic mass is 15.1. The number of nitrogens with two attached hydrogens (primary N) is 1. The lowest BCUT2D eigenvalue weighted by Gasteiger charge is -2.15. The summed E-state index contributed by atoms with van der Waals surface area (Å²) in [4.78, 5) is 1.80. The monoisotopic (exact) mass is 214 g/mol. The van der Waals surface area contributed by atoms with Gasteiger partial charge in [-0.15, -0.1) is 0 Å². The van der Waals surface area contributed by atoms with Crippen molar-refractivity contribution in [2.24, 2.45) is 0 Å². The summed E-state index contributed by atoms with van der Waals surface area (Å²) in [6.45, 7) is 1.23. The molecule has 0 radical (unpaired) electrons. The first kappa shape index (κ1) is 12.0. The number of nitrogens with zero attached hydrogens (tertiary/aromatic N) is 3. The second-order valence-corrected chi connectivity index (χ2v) is 3.48. The summed E-state index contributed by atoms with van der Waals surface area (Å²) >= 11 is 0. The predicted octanol–water partition coefficient (Wildman–Crippen LogP) is 1.16. The van der Waals surface area contributed by atoms with Gasteiger partial charge in [-0.2, -0.15) is 10.5 Å². The molecule has 0 spiro atoms. The van der Waals surface area contributed by atoms with Crippen LogP contribution in [-0.2, 0) is 6.42 Å². The van der Waals surface area contributed by atoms with Crippen LogP contribution in [0.3, 0.4) is 0 Å². The van der Waals surface area contributed by atoms with E-state index in [0.29, 0.717) is 6.54 Å². The van der Waals surface area contributed by atoms with Gasteiger partial charge in [-0.05, 0) is 18.1 Å². The van der Waals surface area contributed by atoms with Crippen molar-refractivity contribution in [3.63, 3.8) is 0 Å². The average Bonchev–Trinajstić information content (AvgIpc) is 2.28. The third kappa shape index (κ3) is 3.61. The molecule has 0 bridgehead atoms. The molecule has 0 aliphatic carbocycles. The summed E-state index contributed by atoms with van der Waals surface area (Å²) < 4.78 is 0. The largest absolute Gasteiger partial charge is 0.399 e. The first-order valence-electron chi connectivity index (χ1n) is 5.07. The zero-order valence-corrected chi connectivity index (χ0v) is 9.06. The molecule has 0 aromatic heterocycles. The van der Waals surface area contributed by atoms with E-state index in [-0.39, 0.29) is 13.1 Å². The third-order valence-corrected chi connectivity index (χ3v) is 2.34. The highest BCUT2D eigenvalue weighted by Crippen LogP contribution is 2.11. The molecule has 0 atom stereocenters. The Morgan fingerprint density at radius 3 is 2.31 bits per heavy atom. The van der Waals surface area contributed by atoms with Crippen LogP contribution in [0.15, 0.2) is 24.3 Å². The molecular weight excluding hydrogens is 200 g/mol. The van der Waals surface area contributed by atoms with E-state index in [9.17, 15) is 0 Å². The number of hydrogen-bond acceptors (Lipinski definition) is 4. The van der Waals surface area contributed by atoms with Gasteiger partial charge < -0.3 is 5.73 Å². The van der Waals surface area contributed by atoms with Crippen molar-refractivity contribution in [3.05, 3.63) is 29.8 Å². The lowest BCUT2D eigenvalue weighted by atomic mass is 10.1. The smallest absolute Gasteiger partial charge is 0.0874 e. The van der Waals surface area contributed by atoms with Gasteiger partial charge in [0, 0.05) is 12.2 Å². The fraction of sp³-hybridized carbons (Fsp3) is 0.333. The topological polar surface area (TPSA) is 76.8 Å². The fourth-order valence-electron chi connectivity index (χ4n) is 1.45. The molecule has 82 valence electrons. The molecular formula is C12H14N4. The molecule has 0 saturated carbocycles. The Labute approximate surface area is 95.5 Å². The van der Waals surface area contributed by atoms with E-state index in [1.807, 2.05) is 36.4 Å². The predicted molar refractivity (Wildman–Crippen MR) is 62.2 cm³/mol. The van der Waals surface area contributed by atoms with Crippen LogP contribution in [0.4, 0.5) is 5.69 Å². The zero-order valence-electron chi connectivity index (χ0n) is 9.06. The lowest BCUT2D eigenvalue weighted by molar-refractivity contribution is 0.347. The van der Waals surface area contributed by atoms with Gasteiger partial charge in [0.1, 0.15) is 0 Å². The number of nitriles is 2. The van der Waals surface area contributed by atoms with E-state index in [2.05, 4.69) is 0 Å². The van der Waals surface area contributed by atoms with Gasteiger partial charge in [0.25, 0.3) is 0 Å². The molecule has 1 aromatic rings. The molecule has 1 rings (SSSR count). The van der Waals surface area contributed by atoms with Gasteiger partial charge in [0.2, 0.25) is 0 Å². The summed E-state index contributed by atoms with van der Waals surface area (Å²) in [7, 11) is 0. The highest BCUT2D eigenvalue weighted by molar-refractivity contribution is 5.46. The van der Waals surface area contributed by atoms with Gasteiger partial charge in [0.15, 0.2) is 0 Å². The normalized spacial score (nSPS) is 9.69. The number of anilines is 1. The molecule has 16 heavy (non-hydrogen) atoms. The van der Waals surface area contributed by atoms with Gasteiger partial charge in [0.05, 0.1) is 25.2 Å². The number of hydrogen-bond donors (Lipinski definition) is 1. The van der Waals surface area contributed by atoms with Crippen LogP contribution >= 0.6 is 0 Å². The lowest BCUT2D eigenvalue weighted by Crippen LogP contribution is -2.27. The molecule has 0 unspecified atom stereocenters. The molecule has 2 N–H and O–H groups in total. The Hall–Kier alpha value is -2.04. The number of rotatable bonds is 5. The van der Waals surface area contributed by atoms with Gasteiger partial charge in [-0.25, -0.2) is 0 Å². The summed E-state index contributed by atoms with van der Waals surface area (Å²) in [6.07, 6.45) is 0.760. The minimum absolute atomic E-state index is 0.278. The molecule has 1 aromatic carbocycles. The summed E-state index contributed by atoms with van der Waals surface area (Å²) in [5, 5.41) is 17.2. The minimum atomic E-state index is 0.278. The highest BCUT2D eigenvalue weighted by Gasteiger charge is 2.05. The van der Waals surface area contributed by atoms with Gasteiger partial charge in [-0.1, -0.05) is 18.2 Å². The van der Waals surface area contributed by atoms with Crippen LogP contribution in [0.5, 0.6) is 0 Å². The Morgan fingerprint density at radius 2 is 1.75 bits per heavy atom. The number of para-hydroxylation sites is 1. The number of nitrogen functional groups attached to an aromatic ring is 1. The molecule has 4 nitrogen and oxygen atoms in total. The van der Waals surface area contributed by atoms with Crippen LogP contribution < -0.4 is 5.73 Å². The van der Waals surface area contributed by atoms with Crippen LogP contribution in [-0.4, -0.2) is 24.5 Å². The van der Waals surface area contributed by atoms with Crippen LogP contribution in [0.25, 0.3) is 0 Å². The Kier molecular flexibility index (Phi) is 4.85. The van der Waals surface area contributed by atoms with Crippen molar-refractivity contribution in [2.45, 2.75) is 6.42 Å². The fourth-order valence-corrected chi connectivity index (χ4v) is 1.45. The summed E-state index contributed by atoms with van der Waals surface area (Å²) in [6, 6.07) is 11.7. The molecule has 0 aliphatic rings. The summed E-state index contributed by atoms with van der Waals surface area (Å²) in [5.41, 5.74) is 7.63. The molecule has 0 amide bonds. The molecule has 0 aliphatic heterocycles. The Balaban J connectivity index is 2.53. The van der Waals surface area contributed by atoms with E-state index in [4.69, 9.17) is 16.3 Å². The van der Waals surface area contributed by atoms with Crippen molar-refractivity contribution in [1.82, 2.24) is 4.90 Å². The van der Waals surface area contributed by atoms with Crippen LogP contribution in [0.2, 0.25) is 0 Å². The van der Waals surface area contributed by atoms with Crippen molar-refractivity contribution in [2.75, 3.05) is 25.4 Å². The second-order valence-electron chi connectivity index (χ2n) is 3.48. The van der Waals surface area contributed by atoms with Crippen LogP contribution in [0.1, 0.15) is 5.56 Å². The van der Waals surface area contributed by atoms with E-state index in [1.54, 1.807) is 4.90 Å². The Bertz CT molecular complexity index is 398. The molecule has 0 heterocycles. The Morgan fingerprint density at radius 1 is 1.12 bits per heavy atom. The third-order valence-electron chi connectivity index (χ3n) is 2.34. The van der Waals surface area contributed by atoms with Crippen LogP contribution in [0, 0.1) is 22.7 Å². The first-order chi connectivity index (χ1) is 7.77. The quantitative estimate of drug-likeness (QED) is 0.589. The van der Waals surface area contributed by atoms with E-state index >= 15 is 0 Å². The SMILES string of the molecule is N#CCN(CC#N)CCc1ccccc1N. The maximum Gasteiger partial charge on any atom is 0.0874 e. The zero-order chi connectivity index (χ0) is 11.8. The van der Waals surface area contributed by atoms with E-state index < -0.39 is 0 Å². The van der Waals surface area contributed by atoms with E-state index in [1.165, 1.54) is 0 Å². The number of benzene rings is 1. The van der Waals surface area contributed by atoms with Crippen molar-refractivity contribution < 1.29 is 0 Å². The van der Waals surface area contributed by atoms with Crippen molar-refractivity contribution in [3.8, 4) is 12.1 Å². The van der Waals surface area contributed by atoms with Crippen molar-refractivity contribution >= 4 is 5.69 Å². The maximum absolute atomic E-state index is 8.59. The molecule has 0 fully saturated rings. The van der Waals surface area contributed by atoms with E-state index in [0.717, 1.165) is 17.7 Å². The average molecular weight is 214 g/mol. The molecule has 4 heteroatoms. The minimum Gasteiger partial charge on any atom is -0.399 e. The maximum atomic E-state index is 8.59. The summed E-state index contributed by atoms with van der Waals surface area (Å²) in [5.74, 6) is 0. The molecule has 0 saturated heterocycles. The van der Waals surface area contributed by atoms with Gasteiger partial charge in [-0.3, -0.25) is 4.90 Å². The first-order valence-corrected chi connectivity index (χ1v) is 5.07. The second kappa shape index (κ2) is 6.44. The van der Waals surface area contributed by atoms with Crippen molar-refractivity contribution in [1.29, 1.82) is 10.5 Å². The standard InChI is InChI=1S/C12H14N4/c13-6-9-16(10-7-14)8-5-11-3-1-2-4-12(11)15/h1-4H,5,8-10,15H2. The van der Waals surface area contributed by atoms with Gasteiger partial charge >= 0.3 is 0 Å².